The van der Waals surface area contributed by atoms with E-state index >= 15 is 0 Å². The summed E-state index contributed by atoms with van der Waals surface area (Å²) in [5, 5.41) is 1.96. The first kappa shape index (κ1) is 18.1. The number of rotatable bonds is 3. The highest BCUT2D eigenvalue weighted by molar-refractivity contribution is 7.13. The first-order valence-electron chi connectivity index (χ1n) is 8.37. The van der Waals surface area contributed by atoms with Crippen LogP contribution in [0.2, 0.25) is 0 Å². The zero-order chi connectivity index (χ0) is 19.0. The van der Waals surface area contributed by atoms with Crippen molar-refractivity contribution in [1.29, 1.82) is 0 Å². The summed E-state index contributed by atoms with van der Waals surface area (Å²) in [7, 11) is 0. The van der Waals surface area contributed by atoms with E-state index < -0.39 is 17.6 Å². The Balaban J connectivity index is 1.53. The van der Waals surface area contributed by atoms with Crippen LogP contribution < -0.4 is 0 Å². The lowest BCUT2D eigenvalue weighted by Crippen LogP contribution is -2.31. The summed E-state index contributed by atoms with van der Waals surface area (Å²) in [5.41, 5.74) is 0.689. The topological polar surface area (TPSA) is 29.0 Å². The first-order chi connectivity index (χ1) is 12.9. The Morgan fingerprint density at radius 2 is 2.00 bits per heavy atom. The quantitative estimate of drug-likeness (QED) is 0.592. The van der Waals surface area contributed by atoms with Gasteiger partial charge in [-0.2, -0.15) is 13.2 Å². The zero-order valence-electron chi connectivity index (χ0n) is 14.1. The summed E-state index contributed by atoms with van der Waals surface area (Å²) >= 11 is 1.56. The lowest BCUT2D eigenvalue weighted by atomic mass is 10.0. The van der Waals surface area contributed by atoms with Crippen LogP contribution in [0.4, 0.5) is 17.6 Å². The summed E-state index contributed by atoms with van der Waals surface area (Å²) < 4.78 is 52.9. The molecule has 3 nitrogen and oxygen atoms in total. The van der Waals surface area contributed by atoms with Gasteiger partial charge in [0.1, 0.15) is 5.82 Å². The highest BCUT2D eigenvalue weighted by atomic mass is 32.1. The van der Waals surface area contributed by atoms with E-state index in [0.717, 1.165) is 22.2 Å². The molecule has 0 N–H and O–H groups in total. The summed E-state index contributed by atoms with van der Waals surface area (Å²) in [6.07, 6.45) is -2.29. The second-order valence-electron chi connectivity index (χ2n) is 6.38. The van der Waals surface area contributed by atoms with E-state index in [-0.39, 0.29) is 12.1 Å². The Hall–Kier alpha value is -2.32. The Morgan fingerprint density at radius 1 is 1.15 bits per heavy atom. The molecule has 0 aliphatic carbocycles. The van der Waals surface area contributed by atoms with E-state index in [1.165, 1.54) is 12.1 Å². The molecule has 1 aliphatic heterocycles. The van der Waals surface area contributed by atoms with E-state index in [4.69, 9.17) is 0 Å². The first-order valence-corrected chi connectivity index (χ1v) is 9.25. The Bertz CT molecular complexity index is 954. The van der Waals surface area contributed by atoms with Crippen LogP contribution in [0, 0.1) is 5.82 Å². The van der Waals surface area contributed by atoms with Crippen LogP contribution in [0.1, 0.15) is 22.4 Å². The van der Waals surface area contributed by atoms with Gasteiger partial charge in [0.15, 0.2) is 5.82 Å². The van der Waals surface area contributed by atoms with Gasteiger partial charge in [-0.05, 0) is 17.5 Å². The van der Waals surface area contributed by atoms with Gasteiger partial charge in [-0.3, -0.25) is 4.90 Å². The number of hydrogen-bond acceptors (Lipinski definition) is 4. The van der Waals surface area contributed by atoms with Gasteiger partial charge < -0.3 is 0 Å². The average Bonchev–Trinajstić information content (AvgIpc) is 3.17. The van der Waals surface area contributed by atoms with E-state index in [1.807, 2.05) is 22.4 Å². The smallest absolute Gasteiger partial charge is 0.294 e. The molecule has 0 fully saturated rings. The van der Waals surface area contributed by atoms with Gasteiger partial charge in [-0.25, -0.2) is 14.4 Å². The predicted molar refractivity (Wildman–Crippen MR) is 94.6 cm³/mol. The molecule has 27 heavy (non-hydrogen) atoms. The Kier molecular flexibility index (Phi) is 4.69. The van der Waals surface area contributed by atoms with Crippen molar-refractivity contribution in [3.63, 3.8) is 0 Å². The van der Waals surface area contributed by atoms with Gasteiger partial charge in [-0.15, -0.1) is 11.3 Å². The van der Waals surface area contributed by atoms with Crippen LogP contribution in [0.3, 0.4) is 0 Å². The van der Waals surface area contributed by atoms with E-state index in [1.54, 1.807) is 17.5 Å². The van der Waals surface area contributed by atoms with E-state index in [0.29, 0.717) is 25.3 Å². The number of benzene rings is 1. The van der Waals surface area contributed by atoms with Crippen LogP contribution in [0.25, 0.3) is 10.7 Å². The van der Waals surface area contributed by atoms with E-state index in [9.17, 15) is 17.6 Å². The minimum atomic E-state index is -4.69. The highest BCUT2D eigenvalue weighted by Crippen LogP contribution is 2.33. The van der Waals surface area contributed by atoms with Crippen molar-refractivity contribution in [2.45, 2.75) is 25.7 Å². The fourth-order valence-corrected chi connectivity index (χ4v) is 3.86. The number of alkyl halides is 3. The lowest BCUT2D eigenvalue weighted by molar-refractivity contribution is -0.140. The summed E-state index contributed by atoms with van der Waals surface area (Å²) in [6, 6.07) is 7.31. The van der Waals surface area contributed by atoms with Gasteiger partial charge in [0.2, 0.25) is 0 Å². The number of fused-ring (bicyclic) bond motifs is 1. The molecule has 0 spiro atoms. The Morgan fingerprint density at radius 3 is 2.74 bits per heavy atom. The van der Waals surface area contributed by atoms with Crippen molar-refractivity contribution in [3.05, 3.63) is 70.1 Å². The molecule has 3 heterocycles. The van der Waals surface area contributed by atoms with Crippen molar-refractivity contribution in [3.8, 4) is 10.7 Å². The molecule has 8 heteroatoms. The molecular formula is C19H15F4N3S. The fraction of sp³-hybridized carbons (Fsp3) is 0.263. The van der Waals surface area contributed by atoms with Gasteiger partial charge in [0.05, 0.1) is 16.1 Å². The SMILES string of the molecule is Fc1c(CN2CCc3nc(-c4cccs4)ncc3C2)cccc1C(F)(F)F. The molecule has 0 saturated carbocycles. The van der Waals surface area contributed by atoms with Gasteiger partial charge in [0.25, 0.3) is 0 Å². The molecule has 3 aromatic rings. The largest absolute Gasteiger partial charge is 0.419 e. The fourth-order valence-electron chi connectivity index (χ4n) is 3.20. The third-order valence-electron chi connectivity index (χ3n) is 4.53. The third-order valence-corrected chi connectivity index (χ3v) is 5.40. The van der Waals surface area contributed by atoms with Crippen molar-refractivity contribution < 1.29 is 17.6 Å². The van der Waals surface area contributed by atoms with Crippen molar-refractivity contribution >= 4 is 11.3 Å². The predicted octanol–water partition coefficient (Wildman–Crippen LogP) is 4.92. The molecule has 1 aromatic carbocycles. The molecule has 2 aromatic heterocycles. The number of halogens is 4. The van der Waals surface area contributed by atoms with Crippen LogP contribution in [-0.4, -0.2) is 21.4 Å². The minimum Gasteiger partial charge on any atom is -0.294 e. The van der Waals surface area contributed by atoms with Gasteiger partial charge in [0, 0.05) is 43.4 Å². The van der Waals surface area contributed by atoms with Crippen LogP contribution >= 0.6 is 11.3 Å². The van der Waals surface area contributed by atoms with Crippen LogP contribution in [0.15, 0.2) is 41.9 Å². The molecule has 0 atom stereocenters. The van der Waals surface area contributed by atoms with E-state index in [2.05, 4.69) is 9.97 Å². The number of thiophene rings is 1. The average molecular weight is 393 g/mol. The number of hydrogen-bond donors (Lipinski definition) is 0. The zero-order valence-corrected chi connectivity index (χ0v) is 14.9. The van der Waals surface area contributed by atoms with Crippen molar-refractivity contribution in [1.82, 2.24) is 14.9 Å². The number of nitrogens with zero attached hydrogens (tertiary/aromatic N) is 3. The molecule has 0 amide bonds. The van der Waals surface area contributed by atoms with Gasteiger partial charge >= 0.3 is 6.18 Å². The maximum Gasteiger partial charge on any atom is 0.419 e. The second kappa shape index (κ2) is 7.01. The molecule has 0 saturated heterocycles. The third kappa shape index (κ3) is 3.72. The molecule has 1 aliphatic rings. The van der Waals surface area contributed by atoms with Crippen LogP contribution in [-0.2, 0) is 25.7 Å². The monoisotopic (exact) mass is 393 g/mol. The minimum absolute atomic E-state index is 0.0457. The summed E-state index contributed by atoms with van der Waals surface area (Å²) in [5.74, 6) is -0.513. The maximum absolute atomic E-state index is 14.3. The molecule has 4 rings (SSSR count). The molecular weight excluding hydrogens is 378 g/mol. The summed E-state index contributed by atoms with van der Waals surface area (Å²) in [4.78, 5) is 11.9. The summed E-state index contributed by atoms with van der Waals surface area (Å²) in [6.45, 7) is 1.20. The highest BCUT2D eigenvalue weighted by Gasteiger charge is 2.35. The second-order valence-corrected chi connectivity index (χ2v) is 7.33. The standard InChI is InChI=1S/C19H15F4N3S/c20-17-12(3-1-4-14(17)19(21,22)23)10-26-7-6-15-13(11-26)9-24-18(25-15)16-5-2-8-27-16/h1-5,8-9H,6-7,10-11H2. The van der Waals surface area contributed by atoms with Crippen LogP contribution in [0.5, 0.6) is 0 Å². The Labute approximate surface area is 157 Å². The maximum atomic E-state index is 14.3. The molecule has 140 valence electrons. The number of aromatic nitrogens is 2. The van der Waals surface area contributed by atoms with Crippen molar-refractivity contribution in [2.24, 2.45) is 0 Å². The van der Waals surface area contributed by atoms with Crippen molar-refractivity contribution in [2.75, 3.05) is 6.54 Å². The normalized spacial score (nSPS) is 15.0. The van der Waals surface area contributed by atoms with Gasteiger partial charge in [-0.1, -0.05) is 18.2 Å². The molecule has 0 radical (unpaired) electrons. The lowest BCUT2D eigenvalue weighted by Gasteiger charge is -2.28. The molecule has 0 bridgehead atoms. The molecule has 0 unspecified atom stereocenters.